The number of anilines is 2. The highest BCUT2D eigenvalue weighted by Gasteiger charge is 2.39. The van der Waals surface area contributed by atoms with Gasteiger partial charge in [0.15, 0.2) is 0 Å². The van der Waals surface area contributed by atoms with Crippen molar-refractivity contribution in [2.24, 2.45) is 5.92 Å². The molecule has 3 saturated heterocycles. The smallest absolute Gasteiger partial charge is 0.508 e. The number of rotatable bonds is 8. The molecule has 5 aliphatic rings. The third kappa shape index (κ3) is 8.32. The Bertz CT molecular complexity index is 2310. The van der Waals surface area contributed by atoms with Crippen molar-refractivity contribution in [1.29, 1.82) is 0 Å². The van der Waals surface area contributed by atoms with Gasteiger partial charge >= 0.3 is 6.36 Å². The summed E-state index contributed by atoms with van der Waals surface area (Å²) in [5.41, 5.74) is 9.83. The van der Waals surface area contributed by atoms with Crippen LogP contribution in [0.4, 0.5) is 24.5 Å². The summed E-state index contributed by atoms with van der Waals surface area (Å²) in [6, 6.07) is 25.6. The number of imide groups is 1. The molecule has 312 valence electrons. The number of amides is 3. The number of nitrogens with one attached hydrogen (secondary N) is 1. The molecule has 10 nitrogen and oxygen atoms in total. The van der Waals surface area contributed by atoms with E-state index in [9.17, 15) is 32.7 Å². The Morgan fingerprint density at radius 2 is 1.38 bits per heavy atom. The molecule has 4 heterocycles. The molecule has 3 fully saturated rings. The van der Waals surface area contributed by atoms with E-state index in [-0.39, 0.29) is 29.7 Å². The van der Waals surface area contributed by atoms with Crippen molar-refractivity contribution >= 4 is 40.2 Å². The Balaban J connectivity index is 0.810. The molecule has 13 heteroatoms. The van der Waals surface area contributed by atoms with Gasteiger partial charge in [-0.05, 0) is 138 Å². The largest absolute Gasteiger partial charge is 0.573 e. The summed E-state index contributed by atoms with van der Waals surface area (Å²) < 4.78 is 42.8. The molecular weight excluding hydrogens is 772 g/mol. The number of carbonyl (C=O) groups excluding carboxylic acids is 3. The Morgan fingerprint density at radius 1 is 0.700 bits per heavy atom. The summed E-state index contributed by atoms with van der Waals surface area (Å²) in [5, 5.41) is 12.7. The number of hydrogen-bond donors (Lipinski definition) is 2. The summed E-state index contributed by atoms with van der Waals surface area (Å²) in [4.78, 5) is 46.3. The van der Waals surface area contributed by atoms with Gasteiger partial charge in [-0.1, -0.05) is 30.3 Å². The second-order valence-electron chi connectivity index (χ2n) is 16.6. The molecule has 60 heavy (non-hydrogen) atoms. The lowest BCUT2D eigenvalue weighted by atomic mass is 9.87. The second kappa shape index (κ2) is 16.3. The number of piperidine rings is 2. The minimum atomic E-state index is -4.76. The minimum Gasteiger partial charge on any atom is -0.508 e. The van der Waals surface area contributed by atoms with Crippen molar-refractivity contribution in [3.63, 3.8) is 0 Å². The zero-order valence-electron chi connectivity index (χ0n) is 33.3. The lowest BCUT2D eigenvalue weighted by Crippen LogP contribution is -2.52. The van der Waals surface area contributed by atoms with Crippen molar-refractivity contribution < 1.29 is 37.4 Å². The maximum Gasteiger partial charge on any atom is 0.573 e. The number of phenols is 1. The maximum atomic E-state index is 13.2. The molecule has 0 aromatic heterocycles. The Morgan fingerprint density at radius 3 is 2.10 bits per heavy atom. The van der Waals surface area contributed by atoms with E-state index in [1.807, 2.05) is 24.3 Å². The monoisotopic (exact) mass is 819 g/mol. The summed E-state index contributed by atoms with van der Waals surface area (Å²) in [6.07, 6.45) is 0.392. The number of aromatic hydroxyl groups is 1. The number of piperazine rings is 1. The van der Waals surface area contributed by atoms with Crippen LogP contribution in [0.2, 0.25) is 0 Å². The van der Waals surface area contributed by atoms with Gasteiger partial charge in [0.2, 0.25) is 11.8 Å². The zero-order chi connectivity index (χ0) is 41.5. The number of carbonyl (C=O) groups is 3. The number of benzene rings is 4. The molecule has 9 rings (SSSR count). The zero-order valence-corrected chi connectivity index (χ0v) is 33.3. The van der Waals surface area contributed by atoms with Crippen LogP contribution in [0.1, 0.15) is 76.7 Å². The van der Waals surface area contributed by atoms with Gasteiger partial charge in [0.1, 0.15) is 17.5 Å². The average Bonchev–Trinajstić information content (AvgIpc) is 3.43. The average molecular weight is 820 g/mol. The lowest BCUT2D eigenvalue weighted by molar-refractivity contribution is -0.274. The van der Waals surface area contributed by atoms with Gasteiger partial charge in [-0.2, -0.15) is 0 Å². The van der Waals surface area contributed by atoms with Crippen LogP contribution in [0, 0.1) is 5.92 Å². The first kappa shape index (κ1) is 39.6. The summed E-state index contributed by atoms with van der Waals surface area (Å²) in [6.45, 7) is 7.11. The van der Waals surface area contributed by atoms with Gasteiger partial charge in [-0.15, -0.1) is 13.2 Å². The summed E-state index contributed by atoms with van der Waals surface area (Å²) in [5.74, 6) is -0.267. The molecule has 0 unspecified atom stereocenters. The first-order chi connectivity index (χ1) is 29.0. The first-order valence-corrected chi connectivity index (χ1v) is 21.0. The molecule has 0 bridgehead atoms. The Hall–Kier alpha value is -5.82. The standard InChI is InChI=1S/C47H48F3N5O5/c48-47(49,50)60-38-12-6-31(7-13-38)39-3-1-2-33-27-37(56)11-15-40(33)44(39)32-4-8-35(9-5-32)53-20-18-30(19-21-53)28-52-22-24-54(25-23-52)36-10-14-41-34(26-36)29-55(46(41)59)42-16-17-43(57)51-45(42)58/h4-15,26-27,30,42,56H,1-3,16-25,28-29H2,(H,51,57,58)/t42-/m0/s1. The molecule has 3 amide bonds. The number of nitrogens with zero attached hydrogens (tertiary/aromatic N) is 4. The molecule has 0 spiro atoms. The number of ether oxygens (including phenoxy) is 1. The van der Waals surface area contributed by atoms with Crippen molar-refractivity contribution in [1.82, 2.24) is 15.1 Å². The molecule has 4 aromatic carbocycles. The van der Waals surface area contributed by atoms with Crippen molar-refractivity contribution in [3.05, 3.63) is 118 Å². The number of phenolic OH excluding ortho intramolecular Hbond substituents is 1. The van der Waals surface area contributed by atoms with Crippen molar-refractivity contribution in [2.75, 3.05) is 55.6 Å². The fourth-order valence-electron chi connectivity index (χ4n) is 9.77. The van der Waals surface area contributed by atoms with E-state index >= 15 is 0 Å². The number of fused-ring (bicyclic) bond motifs is 2. The van der Waals surface area contributed by atoms with E-state index in [1.165, 1.54) is 12.1 Å². The van der Waals surface area contributed by atoms with Crippen LogP contribution in [0.3, 0.4) is 0 Å². The minimum absolute atomic E-state index is 0.150. The number of halogens is 3. The van der Waals surface area contributed by atoms with Crippen LogP contribution in [-0.2, 0) is 22.6 Å². The van der Waals surface area contributed by atoms with Gasteiger partial charge in [-0.3, -0.25) is 24.6 Å². The highest BCUT2D eigenvalue weighted by molar-refractivity contribution is 6.05. The van der Waals surface area contributed by atoms with E-state index in [2.05, 4.69) is 55.1 Å². The fraction of sp³-hybridized carbons (Fsp3) is 0.383. The normalized spacial score (nSPS) is 20.6. The van der Waals surface area contributed by atoms with Crippen LogP contribution in [0.25, 0.3) is 11.1 Å². The number of allylic oxidation sites excluding steroid dienone is 1. The molecule has 0 saturated carbocycles. The van der Waals surface area contributed by atoms with Crippen LogP contribution in [0.5, 0.6) is 11.5 Å². The highest BCUT2D eigenvalue weighted by atomic mass is 19.4. The molecule has 4 aliphatic heterocycles. The molecule has 4 aromatic rings. The predicted molar refractivity (Wildman–Crippen MR) is 223 cm³/mol. The van der Waals surface area contributed by atoms with E-state index in [0.717, 1.165) is 128 Å². The number of hydrogen-bond acceptors (Lipinski definition) is 8. The lowest BCUT2D eigenvalue weighted by Gasteiger charge is -2.40. The van der Waals surface area contributed by atoms with Gasteiger partial charge in [0.05, 0.1) is 0 Å². The Labute approximate surface area is 347 Å². The van der Waals surface area contributed by atoms with Crippen molar-refractivity contribution in [3.8, 4) is 11.5 Å². The maximum absolute atomic E-state index is 13.2. The molecule has 2 N–H and O–H groups in total. The topological polar surface area (TPSA) is 106 Å². The van der Waals surface area contributed by atoms with Crippen LogP contribution in [-0.4, -0.2) is 90.8 Å². The molecule has 1 aliphatic carbocycles. The van der Waals surface area contributed by atoms with E-state index in [0.29, 0.717) is 24.4 Å². The Kier molecular flexibility index (Phi) is 10.8. The van der Waals surface area contributed by atoms with Gasteiger partial charge in [0.25, 0.3) is 5.91 Å². The van der Waals surface area contributed by atoms with Crippen LogP contribution >= 0.6 is 0 Å². The van der Waals surface area contributed by atoms with E-state index in [1.54, 1.807) is 23.1 Å². The van der Waals surface area contributed by atoms with Crippen LogP contribution < -0.4 is 19.9 Å². The first-order valence-electron chi connectivity index (χ1n) is 21.0. The highest BCUT2D eigenvalue weighted by Crippen LogP contribution is 2.42. The predicted octanol–water partition coefficient (Wildman–Crippen LogP) is 7.39. The third-order valence-corrected chi connectivity index (χ3v) is 12.9. The van der Waals surface area contributed by atoms with E-state index < -0.39 is 18.3 Å². The summed E-state index contributed by atoms with van der Waals surface area (Å²) >= 11 is 0. The van der Waals surface area contributed by atoms with Gasteiger partial charge < -0.3 is 24.5 Å². The number of aryl methyl sites for hydroxylation is 1. The molecule has 0 radical (unpaired) electrons. The SMILES string of the molecule is O=C1CC[C@H](N2Cc3cc(N4CCN(CC5CCN(c6ccc(C7=C(c8ccc(OC(F)(F)F)cc8)CCCc8cc(O)ccc87)cc6)CC5)CC4)ccc3C2=O)C(=O)N1. The fourth-order valence-corrected chi connectivity index (χ4v) is 9.77. The molecule has 1 atom stereocenters. The van der Waals surface area contributed by atoms with Gasteiger partial charge in [0, 0.05) is 75.7 Å². The third-order valence-electron chi connectivity index (χ3n) is 12.9. The summed E-state index contributed by atoms with van der Waals surface area (Å²) in [7, 11) is 0. The molecular formula is C47H48F3N5O5. The van der Waals surface area contributed by atoms with Gasteiger partial charge in [-0.25, -0.2) is 0 Å². The second-order valence-corrected chi connectivity index (χ2v) is 16.6. The number of alkyl halides is 3. The quantitative estimate of drug-likeness (QED) is 0.178. The van der Waals surface area contributed by atoms with Crippen LogP contribution in [0.15, 0.2) is 84.9 Å². The van der Waals surface area contributed by atoms with Crippen molar-refractivity contribution in [2.45, 2.75) is 63.9 Å². The van der Waals surface area contributed by atoms with E-state index in [4.69, 9.17) is 0 Å².